The summed E-state index contributed by atoms with van der Waals surface area (Å²) in [5, 5.41) is 2.03. The summed E-state index contributed by atoms with van der Waals surface area (Å²) in [6.45, 7) is 1.80. The molecule has 0 saturated heterocycles. The number of ether oxygens (including phenoxy) is 4. The Morgan fingerprint density at radius 2 is 1.84 bits per heavy atom. The second kappa shape index (κ2) is 10.5. The van der Waals surface area contributed by atoms with Crippen molar-refractivity contribution in [3.05, 3.63) is 41.7 Å². The van der Waals surface area contributed by atoms with Gasteiger partial charge in [0.25, 0.3) is 0 Å². The van der Waals surface area contributed by atoms with Crippen LogP contribution >= 0.6 is 0 Å². The molecule has 1 heterocycles. The van der Waals surface area contributed by atoms with Crippen molar-refractivity contribution in [2.24, 2.45) is 0 Å². The number of halogens is 4. The van der Waals surface area contributed by atoms with Gasteiger partial charge in [-0.25, -0.2) is 14.0 Å². The molecule has 1 N–H and O–H groups in total. The summed E-state index contributed by atoms with van der Waals surface area (Å²) >= 11 is 0. The first kappa shape index (κ1) is 24.4. The Morgan fingerprint density at radius 1 is 1.12 bits per heavy atom. The number of aromatic nitrogens is 1. The van der Waals surface area contributed by atoms with Gasteiger partial charge in [-0.1, -0.05) is 6.07 Å². The third-order valence-electron chi connectivity index (χ3n) is 3.76. The van der Waals surface area contributed by atoms with Gasteiger partial charge in [-0.3, -0.25) is 5.32 Å². The van der Waals surface area contributed by atoms with Gasteiger partial charge in [-0.2, -0.15) is 4.98 Å². The molecule has 32 heavy (non-hydrogen) atoms. The summed E-state index contributed by atoms with van der Waals surface area (Å²) in [6, 6.07) is 4.73. The zero-order valence-corrected chi connectivity index (χ0v) is 17.1. The summed E-state index contributed by atoms with van der Waals surface area (Å²) < 4.78 is 70.9. The molecular weight excluding hydrogens is 440 g/mol. The quantitative estimate of drug-likeness (QED) is 0.369. The predicted molar refractivity (Wildman–Crippen MR) is 105 cm³/mol. The molecule has 0 fully saturated rings. The Bertz CT molecular complexity index is 1020. The normalized spacial score (nSPS) is 11.2. The molecule has 8 nitrogen and oxygen atoms in total. The van der Waals surface area contributed by atoms with Crippen molar-refractivity contribution >= 4 is 23.8 Å². The second-order valence-corrected chi connectivity index (χ2v) is 5.89. The van der Waals surface area contributed by atoms with Crippen molar-refractivity contribution in [1.82, 2.24) is 4.98 Å². The Kier molecular flexibility index (Phi) is 7.99. The smallest absolute Gasteiger partial charge is 0.480 e. The van der Waals surface area contributed by atoms with Crippen LogP contribution in [0, 0.1) is 5.82 Å². The summed E-state index contributed by atoms with van der Waals surface area (Å²) in [4.78, 5) is 26.7. The largest absolute Gasteiger partial charge is 0.574 e. The molecule has 0 unspecified atom stereocenters. The van der Waals surface area contributed by atoms with Gasteiger partial charge in [0.1, 0.15) is 11.5 Å². The van der Waals surface area contributed by atoms with E-state index in [4.69, 9.17) is 9.47 Å². The fourth-order valence-electron chi connectivity index (χ4n) is 2.47. The molecular formula is C20H18F4N2O6. The number of alkyl halides is 3. The van der Waals surface area contributed by atoms with Crippen LogP contribution in [-0.2, 0) is 14.3 Å². The Hall–Kier alpha value is -3.83. The lowest BCUT2D eigenvalue weighted by atomic mass is 10.0. The van der Waals surface area contributed by atoms with Crippen molar-refractivity contribution in [1.29, 1.82) is 0 Å². The topological polar surface area (TPSA) is 96.0 Å². The number of nitrogens with zero attached hydrogens (tertiary/aromatic N) is 1. The Morgan fingerprint density at radius 3 is 2.44 bits per heavy atom. The highest BCUT2D eigenvalue weighted by molar-refractivity contribution is 5.89. The monoisotopic (exact) mass is 458 g/mol. The summed E-state index contributed by atoms with van der Waals surface area (Å²) in [5.74, 6) is -2.84. The van der Waals surface area contributed by atoms with Crippen LogP contribution in [0.15, 0.2) is 30.3 Å². The highest BCUT2D eigenvalue weighted by Gasteiger charge is 2.34. The van der Waals surface area contributed by atoms with Gasteiger partial charge in [0.15, 0.2) is 0 Å². The molecule has 1 aromatic heterocycles. The van der Waals surface area contributed by atoms with E-state index < -0.39 is 41.7 Å². The van der Waals surface area contributed by atoms with Gasteiger partial charge in [0.05, 0.1) is 20.8 Å². The molecule has 0 radical (unpaired) electrons. The van der Waals surface area contributed by atoms with Crippen molar-refractivity contribution in [3.63, 3.8) is 0 Å². The third-order valence-corrected chi connectivity index (χ3v) is 3.76. The highest BCUT2D eigenvalue weighted by atomic mass is 19.4. The molecule has 1 amide bonds. The zero-order chi connectivity index (χ0) is 23.9. The van der Waals surface area contributed by atoms with E-state index in [0.717, 1.165) is 32.4 Å². The number of amides is 1. The van der Waals surface area contributed by atoms with E-state index in [1.165, 1.54) is 18.2 Å². The number of carbonyl (C=O) groups excluding carboxylic acids is 2. The minimum atomic E-state index is -5.13. The number of benzene rings is 1. The second-order valence-electron chi connectivity index (χ2n) is 5.89. The van der Waals surface area contributed by atoms with E-state index in [-0.39, 0.29) is 17.7 Å². The number of esters is 1. The maximum atomic E-state index is 14.6. The molecule has 0 aliphatic carbocycles. The fraction of sp³-hybridized carbons (Fsp3) is 0.250. The predicted octanol–water partition coefficient (Wildman–Crippen LogP) is 4.55. The number of rotatable bonds is 7. The van der Waals surface area contributed by atoms with E-state index in [1.54, 1.807) is 6.92 Å². The molecule has 0 bridgehead atoms. The molecule has 1 aromatic carbocycles. The van der Waals surface area contributed by atoms with Crippen LogP contribution in [-0.4, -0.2) is 44.2 Å². The van der Waals surface area contributed by atoms with Crippen molar-refractivity contribution in [3.8, 4) is 22.9 Å². The van der Waals surface area contributed by atoms with E-state index in [0.29, 0.717) is 5.56 Å². The summed E-state index contributed by atoms with van der Waals surface area (Å²) in [6.07, 6.45) is -3.76. The van der Waals surface area contributed by atoms with Gasteiger partial charge in [0.2, 0.25) is 11.8 Å². The van der Waals surface area contributed by atoms with E-state index in [1.807, 2.05) is 5.32 Å². The van der Waals surface area contributed by atoms with Crippen LogP contribution in [0.2, 0.25) is 0 Å². The molecule has 2 aromatic rings. The number of anilines is 1. The molecule has 0 atom stereocenters. The SMILES string of the molecule is CCOC(=O)/C=C/c1ccc(F)c(-c2cc(NC(=O)OC)c(OC(F)(F)F)nc2OC)c1. The average molecular weight is 458 g/mol. The van der Waals surface area contributed by atoms with Crippen LogP contribution in [0.1, 0.15) is 12.5 Å². The number of hydrogen-bond acceptors (Lipinski definition) is 7. The first-order valence-electron chi connectivity index (χ1n) is 8.92. The average Bonchev–Trinajstić information content (AvgIpc) is 2.73. The summed E-state index contributed by atoms with van der Waals surface area (Å²) in [5.41, 5.74) is -0.407. The van der Waals surface area contributed by atoms with E-state index in [9.17, 15) is 27.2 Å². The van der Waals surface area contributed by atoms with Gasteiger partial charge in [-0.15, -0.1) is 13.2 Å². The lowest BCUT2D eigenvalue weighted by Gasteiger charge is -2.17. The molecule has 172 valence electrons. The molecule has 0 saturated carbocycles. The van der Waals surface area contributed by atoms with Crippen LogP contribution < -0.4 is 14.8 Å². The van der Waals surface area contributed by atoms with Crippen LogP contribution in [0.25, 0.3) is 17.2 Å². The fourth-order valence-corrected chi connectivity index (χ4v) is 2.47. The maximum absolute atomic E-state index is 14.6. The first-order chi connectivity index (χ1) is 15.1. The Balaban J connectivity index is 2.60. The van der Waals surface area contributed by atoms with Crippen molar-refractivity contribution in [2.75, 3.05) is 26.1 Å². The van der Waals surface area contributed by atoms with Gasteiger partial charge < -0.3 is 18.9 Å². The molecule has 0 aliphatic heterocycles. The number of nitrogens with one attached hydrogen (secondary N) is 1. The van der Waals surface area contributed by atoms with Gasteiger partial charge in [0, 0.05) is 17.2 Å². The standard InChI is InChI=1S/C20H18F4N2O6/c1-4-31-16(27)8-6-11-5-7-14(21)12(9-11)13-10-15(25-19(28)30-3)18(26-17(13)29-2)32-20(22,23)24/h5-10H,4H2,1-3H3,(H,25,28)/b8-6+. The highest BCUT2D eigenvalue weighted by Crippen LogP contribution is 2.39. The minimum Gasteiger partial charge on any atom is -0.480 e. The number of pyridine rings is 1. The van der Waals surface area contributed by atoms with E-state index in [2.05, 4.69) is 14.5 Å². The molecule has 2 rings (SSSR count). The first-order valence-corrected chi connectivity index (χ1v) is 8.92. The minimum absolute atomic E-state index is 0.0997. The van der Waals surface area contributed by atoms with Crippen LogP contribution in [0.3, 0.4) is 0 Å². The van der Waals surface area contributed by atoms with Gasteiger partial charge >= 0.3 is 18.4 Å². The van der Waals surface area contributed by atoms with Crippen molar-refractivity contribution in [2.45, 2.75) is 13.3 Å². The van der Waals surface area contributed by atoms with Crippen LogP contribution in [0.5, 0.6) is 11.8 Å². The number of methoxy groups -OCH3 is 2. The molecule has 0 spiro atoms. The van der Waals surface area contributed by atoms with E-state index >= 15 is 0 Å². The molecule has 0 aliphatic rings. The lowest BCUT2D eigenvalue weighted by Crippen LogP contribution is -2.21. The maximum Gasteiger partial charge on any atom is 0.574 e. The zero-order valence-electron chi connectivity index (χ0n) is 17.1. The number of hydrogen-bond donors (Lipinski definition) is 1. The Labute approximate surface area is 179 Å². The lowest BCUT2D eigenvalue weighted by molar-refractivity contribution is -0.275. The number of carbonyl (C=O) groups is 2. The van der Waals surface area contributed by atoms with Crippen molar-refractivity contribution < 1.29 is 46.1 Å². The summed E-state index contributed by atoms with van der Waals surface area (Å²) in [7, 11) is 2.11. The molecule has 12 heteroatoms. The third kappa shape index (κ3) is 6.59. The van der Waals surface area contributed by atoms with Gasteiger partial charge in [-0.05, 0) is 36.8 Å². The van der Waals surface area contributed by atoms with Crippen LogP contribution in [0.4, 0.5) is 28.0 Å².